The van der Waals surface area contributed by atoms with Gasteiger partial charge in [0, 0.05) is 32.2 Å². The minimum absolute atomic E-state index is 0.0338. The second kappa shape index (κ2) is 8.62. The number of nitrogens with zero attached hydrogens (tertiary/aromatic N) is 3. The van der Waals surface area contributed by atoms with Crippen molar-refractivity contribution in [2.75, 3.05) is 43.9 Å². The summed E-state index contributed by atoms with van der Waals surface area (Å²) in [6, 6.07) is 7.41. The van der Waals surface area contributed by atoms with Crippen molar-refractivity contribution in [3.63, 3.8) is 0 Å². The fourth-order valence-electron chi connectivity index (χ4n) is 2.87. The molecule has 2 heterocycles. The molecule has 1 aromatic heterocycles. The Kier molecular flexibility index (Phi) is 6.22. The summed E-state index contributed by atoms with van der Waals surface area (Å²) in [7, 11) is -1.89. The Morgan fingerprint density at radius 3 is 2.56 bits per heavy atom. The lowest BCUT2D eigenvalue weighted by atomic mass is 10.2. The summed E-state index contributed by atoms with van der Waals surface area (Å²) in [6.07, 6.45) is 0.329. The van der Waals surface area contributed by atoms with Crippen molar-refractivity contribution >= 4 is 15.8 Å². The third kappa shape index (κ3) is 5.61. The predicted molar refractivity (Wildman–Crippen MR) is 101 cm³/mol. The molecule has 0 spiro atoms. The van der Waals surface area contributed by atoms with E-state index >= 15 is 0 Å². The molecule has 1 aliphatic heterocycles. The highest BCUT2D eigenvalue weighted by atomic mass is 32.2. The molecule has 1 N–H and O–H groups in total. The minimum Gasteiger partial charge on any atom is -0.481 e. The van der Waals surface area contributed by atoms with Crippen LogP contribution in [0.5, 0.6) is 5.88 Å². The van der Waals surface area contributed by atoms with Gasteiger partial charge >= 0.3 is 0 Å². The lowest BCUT2D eigenvalue weighted by Crippen LogP contribution is -2.44. The second-order valence-corrected chi connectivity index (χ2v) is 8.59. The number of rotatable bonds is 7. The highest BCUT2D eigenvalue weighted by Gasteiger charge is 2.19. The number of piperazine rings is 1. The van der Waals surface area contributed by atoms with Crippen LogP contribution in [0.2, 0.25) is 0 Å². The molecule has 27 heavy (non-hydrogen) atoms. The van der Waals surface area contributed by atoms with Gasteiger partial charge in [-0.05, 0) is 24.1 Å². The molecule has 1 saturated heterocycles. The fourth-order valence-corrected chi connectivity index (χ4v) is 4.16. The van der Waals surface area contributed by atoms with Crippen LogP contribution in [0.25, 0.3) is 0 Å². The number of hydrogen-bond donors (Lipinski definition) is 1. The van der Waals surface area contributed by atoms with E-state index in [0.29, 0.717) is 23.9 Å². The number of anilines is 1. The number of ether oxygens (including phenoxy) is 1. The first kappa shape index (κ1) is 19.5. The molecule has 0 unspecified atom stereocenters. The fraction of sp³-hybridized carbons (Fsp3) is 0.444. The topological polar surface area (TPSA) is 84.4 Å². The SMILES string of the molecule is COc1cc(CS(=O)(=O)CCc2ccc(F)cc2)nc(N2CCNCC2)n1. The number of halogens is 1. The summed E-state index contributed by atoms with van der Waals surface area (Å²) in [4.78, 5) is 10.8. The summed E-state index contributed by atoms with van der Waals surface area (Å²) in [5, 5.41) is 3.25. The summed E-state index contributed by atoms with van der Waals surface area (Å²) >= 11 is 0. The maximum atomic E-state index is 13.0. The molecular weight excluding hydrogens is 371 g/mol. The first-order valence-electron chi connectivity index (χ1n) is 8.78. The minimum atomic E-state index is -3.39. The van der Waals surface area contributed by atoms with Gasteiger partial charge in [0.15, 0.2) is 9.84 Å². The molecule has 0 saturated carbocycles. The third-order valence-electron chi connectivity index (χ3n) is 4.34. The number of sulfone groups is 1. The standard InChI is InChI=1S/C18H23FN4O3S/c1-26-17-12-16(21-18(22-17)23-9-7-20-8-10-23)13-27(24,25)11-6-14-2-4-15(19)5-3-14/h2-5,12,20H,6-11,13H2,1H3. The van der Waals surface area contributed by atoms with Crippen molar-refractivity contribution in [3.8, 4) is 5.88 Å². The molecule has 0 aliphatic carbocycles. The lowest BCUT2D eigenvalue weighted by molar-refractivity contribution is 0.395. The van der Waals surface area contributed by atoms with Crippen molar-refractivity contribution in [2.45, 2.75) is 12.2 Å². The molecule has 1 aromatic carbocycles. The lowest BCUT2D eigenvalue weighted by Gasteiger charge is -2.27. The maximum absolute atomic E-state index is 13.0. The average molecular weight is 394 g/mol. The number of nitrogens with one attached hydrogen (secondary N) is 1. The summed E-state index contributed by atoms with van der Waals surface area (Å²) < 4.78 is 43.2. The van der Waals surface area contributed by atoms with Crippen LogP contribution in [0.4, 0.5) is 10.3 Å². The van der Waals surface area contributed by atoms with E-state index in [4.69, 9.17) is 4.74 Å². The van der Waals surface area contributed by atoms with Crippen molar-refractivity contribution in [3.05, 3.63) is 47.4 Å². The van der Waals surface area contributed by atoms with E-state index in [0.717, 1.165) is 31.7 Å². The predicted octanol–water partition coefficient (Wildman–Crippen LogP) is 1.19. The highest BCUT2D eigenvalue weighted by molar-refractivity contribution is 7.90. The monoisotopic (exact) mass is 394 g/mol. The van der Waals surface area contributed by atoms with Crippen molar-refractivity contribution in [1.29, 1.82) is 0 Å². The molecule has 0 atom stereocenters. The van der Waals surface area contributed by atoms with E-state index in [1.54, 1.807) is 18.2 Å². The molecule has 1 aliphatic rings. The highest BCUT2D eigenvalue weighted by Crippen LogP contribution is 2.18. The van der Waals surface area contributed by atoms with E-state index in [2.05, 4.69) is 15.3 Å². The summed E-state index contributed by atoms with van der Waals surface area (Å²) in [5.41, 5.74) is 1.19. The van der Waals surface area contributed by atoms with E-state index < -0.39 is 9.84 Å². The molecule has 2 aromatic rings. The van der Waals surface area contributed by atoms with E-state index in [9.17, 15) is 12.8 Å². The van der Waals surface area contributed by atoms with Gasteiger partial charge in [-0.15, -0.1) is 0 Å². The molecule has 3 rings (SSSR count). The zero-order valence-corrected chi connectivity index (χ0v) is 16.0. The number of methoxy groups -OCH3 is 1. The molecular formula is C18H23FN4O3S. The Morgan fingerprint density at radius 2 is 1.89 bits per heavy atom. The van der Waals surface area contributed by atoms with Crippen LogP contribution in [0, 0.1) is 5.82 Å². The van der Waals surface area contributed by atoms with Crippen molar-refractivity contribution < 1.29 is 17.5 Å². The Hall–Kier alpha value is -2.26. The second-order valence-electron chi connectivity index (χ2n) is 6.41. The maximum Gasteiger partial charge on any atom is 0.228 e. The van der Waals surface area contributed by atoms with Crippen molar-refractivity contribution in [2.24, 2.45) is 0 Å². The number of benzene rings is 1. The van der Waals surface area contributed by atoms with Gasteiger partial charge in [0.2, 0.25) is 11.8 Å². The Balaban J connectivity index is 1.71. The van der Waals surface area contributed by atoms with Crippen LogP contribution in [-0.2, 0) is 22.0 Å². The van der Waals surface area contributed by atoms with Gasteiger partial charge in [-0.25, -0.2) is 17.8 Å². The van der Waals surface area contributed by atoms with Crippen LogP contribution >= 0.6 is 0 Å². The van der Waals surface area contributed by atoms with Gasteiger partial charge in [0.05, 0.1) is 24.3 Å². The van der Waals surface area contributed by atoms with Crippen molar-refractivity contribution in [1.82, 2.24) is 15.3 Å². The zero-order chi connectivity index (χ0) is 19.3. The summed E-state index contributed by atoms with van der Waals surface area (Å²) in [5.74, 6) is 0.275. The quantitative estimate of drug-likeness (QED) is 0.755. The Labute approximate surface area is 158 Å². The first-order chi connectivity index (χ1) is 12.9. The number of hydrogen-bond acceptors (Lipinski definition) is 7. The molecule has 0 amide bonds. The van der Waals surface area contributed by atoms with Crippen LogP contribution in [0.15, 0.2) is 30.3 Å². The smallest absolute Gasteiger partial charge is 0.228 e. The largest absolute Gasteiger partial charge is 0.481 e. The van der Waals surface area contributed by atoms with Gasteiger partial charge in [0.1, 0.15) is 5.82 Å². The van der Waals surface area contributed by atoms with Crippen LogP contribution < -0.4 is 15.0 Å². The first-order valence-corrected chi connectivity index (χ1v) is 10.6. The number of aromatic nitrogens is 2. The molecule has 0 radical (unpaired) electrons. The van der Waals surface area contributed by atoms with E-state index in [1.165, 1.54) is 19.2 Å². The van der Waals surface area contributed by atoms with Gasteiger partial charge in [-0.1, -0.05) is 12.1 Å². The molecule has 146 valence electrons. The van der Waals surface area contributed by atoms with Crippen LogP contribution in [0.1, 0.15) is 11.3 Å². The molecule has 1 fully saturated rings. The van der Waals surface area contributed by atoms with Gasteiger partial charge in [-0.2, -0.15) is 4.98 Å². The van der Waals surface area contributed by atoms with Gasteiger partial charge < -0.3 is 15.0 Å². The van der Waals surface area contributed by atoms with Gasteiger partial charge in [0.25, 0.3) is 0 Å². The Bertz CT molecular complexity index is 869. The number of aryl methyl sites for hydroxylation is 1. The normalized spacial score (nSPS) is 15.0. The average Bonchev–Trinajstić information content (AvgIpc) is 2.67. The van der Waals surface area contributed by atoms with Crippen LogP contribution in [-0.4, -0.2) is 57.4 Å². The molecule has 0 bridgehead atoms. The molecule has 7 nitrogen and oxygen atoms in total. The van der Waals surface area contributed by atoms with E-state index in [1.807, 2.05) is 4.90 Å². The van der Waals surface area contributed by atoms with Crippen LogP contribution in [0.3, 0.4) is 0 Å². The Morgan fingerprint density at radius 1 is 1.19 bits per heavy atom. The third-order valence-corrected chi connectivity index (χ3v) is 5.90. The summed E-state index contributed by atoms with van der Waals surface area (Å²) in [6.45, 7) is 3.16. The van der Waals surface area contributed by atoms with Gasteiger partial charge in [-0.3, -0.25) is 0 Å². The molecule has 9 heteroatoms. The zero-order valence-electron chi connectivity index (χ0n) is 15.2. The van der Waals surface area contributed by atoms with E-state index in [-0.39, 0.29) is 17.3 Å².